The fraction of sp³-hybridized carbons (Fsp3) is 0.273. The van der Waals surface area contributed by atoms with Gasteiger partial charge in [-0.25, -0.2) is 0 Å². The van der Waals surface area contributed by atoms with E-state index in [9.17, 15) is 9.59 Å². The quantitative estimate of drug-likeness (QED) is 0.307. The molecule has 4 aromatic rings. The van der Waals surface area contributed by atoms with Crippen molar-refractivity contribution in [3.05, 3.63) is 95.7 Å². The number of rotatable bonds is 8. The molecule has 0 aliphatic carbocycles. The average molecular weight is 554 g/mol. The van der Waals surface area contributed by atoms with Crippen LogP contribution in [-0.4, -0.2) is 73.7 Å². The Morgan fingerprint density at radius 2 is 1.29 bits per heavy atom. The molecule has 5 rings (SSSR count). The van der Waals surface area contributed by atoms with Crippen LogP contribution in [0.5, 0.6) is 17.2 Å². The second kappa shape index (κ2) is 12.2. The van der Waals surface area contributed by atoms with Crippen LogP contribution < -0.4 is 14.2 Å². The van der Waals surface area contributed by atoms with Crippen LogP contribution >= 0.6 is 0 Å². The molecule has 2 heterocycles. The lowest BCUT2D eigenvalue weighted by molar-refractivity contribution is -0.131. The van der Waals surface area contributed by atoms with Gasteiger partial charge in [-0.1, -0.05) is 18.2 Å². The monoisotopic (exact) mass is 553 g/mol. The highest BCUT2D eigenvalue weighted by Crippen LogP contribution is 2.32. The van der Waals surface area contributed by atoms with Gasteiger partial charge in [0, 0.05) is 43.6 Å². The van der Waals surface area contributed by atoms with E-state index in [4.69, 9.17) is 14.2 Å². The minimum absolute atomic E-state index is 0.0406. The number of aromatic nitrogens is 1. The molecule has 0 radical (unpaired) electrons. The van der Waals surface area contributed by atoms with Gasteiger partial charge in [0.2, 0.25) is 5.91 Å². The van der Waals surface area contributed by atoms with Crippen LogP contribution in [0, 0.1) is 6.92 Å². The van der Waals surface area contributed by atoms with E-state index in [0.29, 0.717) is 38.2 Å². The van der Waals surface area contributed by atoms with Gasteiger partial charge in [0.15, 0.2) is 0 Å². The van der Waals surface area contributed by atoms with Gasteiger partial charge in [-0.05, 0) is 72.6 Å². The third-order valence-corrected chi connectivity index (χ3v) is 7.61. The zero-order chi connectivity index (χ0) is 28.9. The molecule has 1 fully saturated rings. The number of carbonyl (C=O) groups is 2. The second-order valence-electron chi connectivity index (χ2n) is 9.99. The Hall–Kier alpha value is -4.72. The van der Waals surface area contributed by atoms with Crippen molar-refractivity contribution in [1.82, 2.24) is 14.4 Å². The predicted molar refractivity (Wildman–Crippen MR) is 158 cm³/mol. The summed E-state index contributed by atoms with van der Waals surface area (Å²) in [6, 6.07) is 25.1. The number of nitrogens with zero attached hydrogens (tertiary/aromatic N) is 3. The van der Waals surface area contributed by atoms with E-state index in [1.807, 2.05) is 95.6 Å². The van der Waals surface area contributed by atoms with Crippen LogP contribution in [0.3, 0.4) is 0 Å². The molecule has 1 saturated heterocycles. The summed E-state index contributed by atoms with van der Waals surface area (Å²) in [5.74, 6) is 2.28. The Morgan fingerprint density at radius 3 is 1.90 bits per heavy atom. The van der Waals surface area contributed by atoms with E-state index in [-0.39, 0.29) is 11.8 Å². The number of amides is 2. The molecule has 8 nitrogen and oxygen atoms in total. The van der Waals surface area contributed by atoms with Crippen LogP contribution in [0.15, 0.2) is 78.9 Å². The summed E-state index contributed by atoms with van der Waals surface area (Å²) in [7, 11) is 4.90. The molecule has 0 bridgehead atoms. The van der Waals surface area contributed by atoms with E-state index in [1.54, 1.807) is 21.3 Å². The summed E-state index contributed by atoms with van der Waals surface area (Å²) >= 11 is 0. The van der Waals surface area contributed by atoms with Gasteiger partial charge in [-0.2, -0.15) is 0 Å². The summed E-state index contributed by atoms with van der Waals surface area (Å²) in [4.78, 5) is 30.5. The molecule has 0 atom stereocenters. The van der Waals surface area contributed by atoms with Crippen molar-refractivity contribution in [3.8, 4) is 34.2 Å². The zero-order valence-corrected chi connectivity index (χ0v) is 23.9. The van der Waals surface area contributed by atoms with Gasteiger partial charge in [0.25, 0.3) is 5.91 Å². The van der Waals surface area contributed by atoms with E-state index in [1.165, 1.54) is 0 Å². The van der Waals surface area contributed by atoms with E-state index >= 15 is 0 Å². The van der Waals surface area contributed by atoms with E-state index in [0.717, 1.165) is 45.5 Å². The summed E-state index contributed by atoms with van der Waals surface area (Å²) in [5, 5.41) is 0. The van der Waals surface area contributed by atoms with Crippen molar-refractivity contribution < 1.29 is 23.8 Å². The molecule has 1 aromatic heterocycles. The molecule has 0 N–H and O–H groups in total. The van der Waals surface area contributed by atoms with Gasteiger partial charge < -0.3 is 28.6 Å². The molecule has 0 spiro atoms. The van der Waals surface area contributed by atoms with Gasteiger partial charge in [0.05, 0.1) is 39.0 Å². The van der Waals surface area contributed by atoms with Gasteiger partial charge >= 0.3 is 0 Å². The highest BCUT2D eigenvalue weighted by Gasteiger charge is 2.28. The van der Waals surface area contributed by atoms with E-state index < -0.39 is 0 Å². The van der Waals surface area contributed by atoms with Gasteiger partial charge in [0.1, 0.15) is 17.2 Å². The molecule has 1 aliphatic heterocycles. The van der Waals surface area contributed by atoms with Crippen LogP contribution in [0.25, 0.3) is 16.9 Å². The van der Waals surface area contributed by atoms with Crippen molar-refractivity contribution in [2.24, 2.45) is 0 Å². The lowest BCUT2D eigenvalue weighted by Gasteiger charge is -2.35. The number of ether oxygens (including phenoxy) is 3. The number of benzene rings is 3. The van der Waals surface area contributed by atoms with Crippen LogP contribution in [0.2, 0.25) is 0 Å². The number of hydrogen-bond donors (Lipinski definition) is 0. The normalized spacial score (nSPS) is 13.2. The standard InChI is InChI=1S/C33H35N3O5/c1-23-30(33(38)35-18-16-34(17-19-35)32(37)20-24-8-12-27(39-2)13-9-24)22-31(25-10-14-28(40-3)15-11-25)36(23)26-6-5-7-29(21-26)41-4/h5-15,21-22H,16-20H2,1-4H3. The summed E-state index contributed by atoms with van der Waals surface area (Å²) in [6.45, 7) is 3.93. The Kier molecular flexibility index (Phi) is 8.29. The fourth-order valence-corrected chi connectivity index (χ4v) is 5.24. The molecule has 3 aromatic carbocycles. The molecular formula is C33H35N3O5. The molecule has 41 heavy (non-hydrogen) atoms. The van der Waals surface area contributed by atoms with Crippen molar-refractivity contribution in [2.75, 3.05) is 47.5 Å². The van der Waals surface area contributed by atoms with Crippen LogP contribution in [-0.2, 0) is 11.2 Å². The average Bonchev–Trinajstić information content (AvgIpc) is 3.37. The summed E-state index contributed by atoms with van der Waals surface area (Å²) in [6.07, 6.45) is 0.325. The minimum Gasteiger partial charge on any atom is -0.497 e. The van der Waals surface area contributed by atoms with Crippen LogP contribution in [0.1, 0.15) is 21.6 Å². The number of hydrogen-bond acceptors (Lipinski definition) is 5. The van der Waals surface area contributed by atoms with Crippen molar-refractivity contribution >= 4 is 11.8 Å². The van der Waals surface area contributed by atoms with Crippen LogP contribution in [0.4, 0.5) is 0 Å². The first-order valence-corrected chi connectivity index (χ1v) is 13.6. The predicted octanol–water partition coefficient (Wildman–Crippen LogP) is 5.01. The molecular weight excluding hydrogens is 518 g/mol. The number of carbonyl (C=O) groups excluding carboxylic acids is 2. The van der Waals surface area contributed by atoms with Crippen molar-refractivity contribution in [2.45, 2.75) is 13.3 Å². The molecule has 2 amide bonds. The molecule has 0 unspecified atom stereocenters. The maximum Gasteiger partial charge on any atom is 0.255 e. The topological polar surface area (TPSA) is 73.2 Å². The maximum atomic E-state index is 13.9. The first kappa shape index (κ1) is 27.8. The molecule has 212 valence electrons. The lowest BCUT2D eigenvalue weighted by atomic mass is 10.1. The maximum absolute atomic E-state index is 13.9. The molecule has 8 heteroatoms. The first-order chi connectivity index (χ1) is 19.9. The Bertz CT molecular complexity index is 1520. The SMILES string of the molecule is COc1ccc(CC(=O)N2CCN(C(=O)c3cc(-c4ccc(OC)cc4)n(-c4cccc(OC)c4)c3C)CC2)cc1. The largest absolute Gasteiger partial charge is 0.497 e. The highest BCUT2D eigenvalue weighted by molar-refractivity contribution is 5.97. The minimum atomic E-state index is -0.0406. The van der Waals surface area contributed by atoms with Crippen molar-refractivity contribution in [1.29, 1.82) is 0 Å². The number of piperazine rings is 1. The smallest absolute Gasteiger partial charge is 0.255 e. The Balaban J connectivity index is 1.36. The molecule has 1 aliphatic rings. The van der Waals surface area contributed by atoms with Gasteiger partial charge in [-0.15, -0.1) is 0 Å². The number of methoxy groups -OCH3 is 3. The third kappa shape index (κ3) is 5.91. The van der Waals surface area contributed by atoms with Gasteiger partial charge in [-0.3, -0.25) is 9.59 Å². The molecule has 0 saturated carbocycles. The fourth-order valence-electron chi connectivity index (χ4n) is 5.24. The lowest BCUT2D eigenvalue weighted by Crippen LogP contribution is -2.51. The zero-order valence-electron chi connectivity index (χ0n) is 23.9. The summed E-state index contributed by atoms with van der Waals surface area (Å²) < 4.78 is 18.1. The second-order valence-corrected chi connectivity index (χ2v) is 9.99. The first-order valence-electron chi connectivity index (χ1n) is 13.6. The Labute approximate surface area is 240 Å². The highest BCUT2D eigenvalue weighted by atomic mass is 16.5. The van der Waals surface area contributed by atoms with Crippen molar-refractivity contribution in [3.63, 3.8) is 0 Å². The Morgan fingerprint density at radius 1 is 0.707 bits per heavy atom. The van der Waals surface area contributed by atoms with E-state index in [2.05, 4.69) is 4.57 Å². The third-order valence-electron chi connectivity index (χ3n) is 7.61. The summed E-state index contributed by atoms with van der Waals surface area (Å²) in [5.41, 5.74) is 5.18.